The highest BCUT2D eigenvalue weighted by molar-refractivity contribution is 6.08. The number of carboxylic acids is 1. The predicted molar refractivity (Wildman–Crippen MR) is 148 cm³/mol. The number of aliphatic imine (C=N–C) groups is 1. The fourth-order valence-corrected chi connectivity index (χ4v) is 3.54. The number of rotatable bonds is 10. The topological polar surface area (TPSA) is 97.7 Å². The summed E-state index contributed by atoms with van der Waals surface area (Å²) in [6.07, 6.45) is 8.03. The van der Waals surface area contributed by atoms with Crippen molar-refractivity contribution < 1.29 is 14.7 Å². The van der Waals surface area contributed by atoms with Gasteiger partial charge < -0.3 is 15.4 Å². The zero-order chi connectivity index (χ0) is 26.5. The fraction of sp³-hybridized carbons (Fsp3) is 0.300. The molecule has 0 spiro atoms. The first-order valence-corrected chi connectivity index (χ1v) is 12.3. The van der Waals surface area contributed by atoms with E-state index >= 15 is 0 Å². The van der Waals surface area contributed by atoms with E-state index in [-0.39, 0.29) is 18.2 Å². The van der Waals surface area contributed by atoms with E-state index in [4.69, 9.17) is 10.8 Å². The normalized spacial score (nSPS) is 11.4. The lowest BCUT2D eigenvalue weighted by Crippen LogP contribution is -2.16. The van der Waals surface area contributed by atoms with Crippen molar-refractivity contribution in [3.05, 3.63) is 101 Å². The van der Waals surface area contributed by atoms with Crippen molar-refractivity contribution in [2.24, 2.45) is 16.6 Å². The average molecular weight is 488 g/mol. The first-order chi connectivity index (χ1) is 17.2. The molecule has 6 heteroatoms. The zero-order valence-electron chi connectivity index (χ0n) is 21.6. The average Bonchev–Trinajstić information content (AvgIpc) is 3.31. The lowest BCUT2D eigenvalue weighted by molar-refractivity contribution is -0.135. The fourth-order valence-electron chi connectivity index (χ4n) is 3.54. The molecule has 1 heterocycles. The smallest absolute Gasteiger partial charge is 0.325 e. The Morgan fingerprint density at radius 1 is 1.03 bits per heavy atom. The molecule has 0 fully saturated rings. The maximum Gasteiger partial charge on any atom is 0.325 e. The molecule has 0 aliphatic carbocycles. The molecule has 0 radical (unpaired) electrons. The molecular weight excluding hydrogens is 450 g/mol. The summed E-state index contributed by atoms with van der Waals surface area (Å²) < 4.78 is 1.91. The van der Waals surface area contributed by atoms with Gasteiger partial charge in [-0.1, -0.05) is 88.7 Å². The number of carbonyl (C=O) groups excluding carboxylic acids is 1. The van der Waals surface area contributed by atoms with E-state index in [0.717, 1.165) is 12.0 Å². The van der Waals surface area contributed by atoms with E-state index in [1.54, 1.807) is 6.07 Å². The molecule has 0 aliphatic rings. The number of aromatic nitrogens is 1. The van der Waals surface area contributed by atoms with Gasteiger partial charge in [-0.15, -0.1) is 0 Å². The Morgan fingerprint density at radius 2 is 1.72 bits per heavy atom. The molecular formula is C30H37N3O3. The second-order valence-corrected chi connectivity index (χ2v) is 9.00. The molecule has 6 nitrogen and oxygen atoms in total. The van der Waals surface area contributed by atoms with Crippen LogP contribution in [0.25, 0.3) is 6.08 Å². The maximum absolute atomic E-state index is 13.0. The SMILES string of the molecule is CC(C)Cc1ccc(C(=O)c2cccn2C/C=C/c2cccc(C(N)=NCC(=O)O)c2)cc1.CCC. The minimum atomic E-state index is -1.03. The van der Waals surface area contributed by atoms with E-state index in [1.165, 1.54) is 12.0 Å². The van der Waals surface area contributed by atoms with Crippen LogP contribution in [0, 0.1) is 5.92 Å². The molecule has 0 amide bonds. The van der Waals surface area contributed by atoms with Crippen molar-refractivity contribution in [2.75, 3.05) is 6.54 Å². The Morgan fingerprint density at radius 3 is 2.36 bits per heavy atom. The number of ketones is 1. The van der Waals surface area contributed by atoms with Crippen molar-refractivity contribution >= 4 is 23.7 Å². The quantitative estimate of drug-likeness (QED) is 0.213. The largest absolute Gasteiger partial charge is 0.480 e. The molecule has 0 unspecified atom stereocenters. The third-order valence-corrected chi connectivity index (χ3v) is 5.10. The van der Waals surface area contributed by atoms with E-state index in [0.29, 0.717) is 29.3 Å². The maximum atomic E-state index is 13.0. The highest BCUT2D eigenvalue weighted by Gasteiger charge is 2.13. The number of hydrogen-bond donors (Lipinski definition) is 2. The van der Waals surface area contributed by atoms with Gasteiger partial charge in [0.25, 0.3) is 0 Å². The van der Waals surface area contributed by atoms with Crippen molar-refractivity contribution in [1.29, 1.82) is 0 Å². The standard InChI is InChI=1S/C27H29N3O3.C3H8/c1-19(2)16-21-10-12-22(13-11-21)26(33)24-9-5-15-30(24)14-4-7-20-6-3-8-23(17-20)27(28)29-18-25(31)32;1-3-2/h3-13,15,17,19H,14,16,18H2,1-2H3,(H2,28,29)(H,31,32);3H2,1-2H3/b7-4+;. The Balaban J connectivity index is 0.00000145. The Bertz CT molecular complexity index is 1190. The number of nitrogens with two attached hydrogens (primary N) is 1. The summed E-state index contributed by atoms with van der Waals surface area (Å²) in [6, 6.07) is 18.9. The first-order valence-electron chi connectivity index (χ1n) is 12.3. The van der Waals surface area contributed by atoms with Crippen LogP contribution in [0.4, 0.5) is 0 Å². The second kappa shape index (κ2) is 14.5. The number of allylic oxidation sites excluding steroid dienone is 1. The van der Waals surface area contributed by atoms with Crippen LogP contribution in [0.3, 0.4) is 0 Å². The third kappa shape index (κ3) is 9.02. The van der Waals surface area contributed by atoms with Crippen LogP contribution in [-0.2, 0) is 17.8 Å². The summed E-state index contributed by atoms with van der Waals surface area (Å²) in [5, 5.41) is 8.75. The molecule has 1 aromatic heterocycles. The van der Waals surface area contributed by atoms with Gasteiger partial charge in [0.2, 0.25) is 5.78 Å². The van der Waals surface area contributed by atoms with Crippen molar-refractivity contribution in [3.63, 3.8) is 0 Å². The van der Waals surface area contributed by atoms with Gasteiger partial charge in [-0.05, 0) is 41.7 Å². The van der Waals surface area contributed by atoms with Gasteiger partial charge in [0.1, 0.15) is 12.4 Å². The van der Waals surface area contributed by atoms with E-state index in [2.05, 4.69) is 32.7 Å². The molecule has 0 saturated heterocycles. The Labute approximate surface area is 214 Å². The Hall–Kier alpha value is -3.93. The van der Waals surface area contributed by atoms with Gasteiger partial charge in [-0.2, -0.15) is 0 Å². The summed E-state index contributed by atoms with van der Waals surface area (Å²) in [4.78, 5) is 27.5. The number of carboxylic acid groups (broad SMARTS) is 1. The van der Waals surface area contributed by atoms with Crippen molar-refractivity contribution in [3.8, 4) is 0 Å². The summed E-state index contributed by atoms with van der Waals surface area (Å²) in [5.41, 5.74) is 9.99. The number of hydrogen-bond acceptors (Lipinski definition) is 3. The van der Waals surface area contributed by atoms with Gasteiger partial charge in [-0.25, -0.2) is 0 Å². The van der Waals surface area contributed by atoms with Crippen LogP contribution in [0.1, 0.15) is 66.9 Å². The molecule has 3 N–H and O–H groups in total. The molecule has 0 saturated carbocycles. The number of carbonyl (C=O) groups is 2. The lowest BCUT2D eigenvalue weighted by Gasteiger charge is -2.08. The zero-order valence-corrected chi connectivity index (χ0v) is 21.6. The van der Waals surface area contributed by atoms with Crippen LogP contribution < -0.4 is 5.73 Å². The number of amidine groups is 1. The summed E-state index contributed by atoms with van der Waals surface area (Å²) in [5.74, 6) is -0.276. The van der Waals surface area contributed by atoms with E-state index < -0.39 is 5.97 Å². The van der Waals surface area contributed by atoms with Gasteiger partial charge >= 0.3 is 5.97 Å². The molecule has 3 aromatic rings. The third-order valence-electron chi connectivity index (χ3n) is 5.10. The highest BCUT2D eigenvalue weighted by Crippen LogP contribution is 2.15. The summed E-state index contributed by atoms with van der Waals surface area (Å²) >= 11 is 0. The molecule has 0 atom stereocenters. The first kappa shape index (κ1) is 28.3. The summed E-state index contributed by atoms with van der Waals surface area (Å²) in [6.45, 7) is 8.78. The van der Waals surface area contributed by atoms with Gasteiger partial charge in [0.15, 0.2) is 0 Å². The van der Waals surface area contributed by atoms with Gasteiger partial charge in [0.05, 0.1) is 5.69 Å². The molecule has 2 aromatic carbocycles. The predicted octanol–water partition coefficient (Wildman–Crippen LogP) is 5.84. The minimum Gasteiger partial charge on any atom is -0.480 e. The second-order valence-electron chi connectivity index (χ2n) is 9.00. The number of aliphatic carboxylic acids is 1. The van der Waals surface area contributed by atoms with E-state index in [9.17, 15) is 9.59 Å². The van der Waals surface area contributed by atoms with Crippen molar-refractivity contribution in [2.45, 2.75) is 47.1 Å². The highest BCUT2D eigenvalue weighted by atomic mass is 16.4. The Kier molecular flexibility index (Phi) is 11.4. The van der Waals surface area contributed by atoms with Crippen LogP contribution >= 0.6 is 0 Å². The van der Waals surface area contributed by atoms with Crippen LogP contribution in [-0.4, -0.2) is 33.8 Å². The summed E-state index contributed by atoms with van der Waals surface area (Å²) in [7, 11) is 0. The van der Waals surface area contributed by atoms with Gasteiger partial charge in [-0.3, -0.25) is 14.6 Å². The monoisotopic (exact) mass is 487 g/mol. The van der Waals surface area contributed by atoms with Crippen LogP contribution in [0.15, 0.2) is 77.9 Å². The molecule has 36 heavy (non-hydrogen) atoms. The molecule has 0 aliphatic heterocycles. The van der Waals surface area contributed by atoms with Crippen LogP contribution in [0.5, 0.6) is 0 Å². The van der Waals surface area contributed by atoms with E-state index in [1.807, 2.05) is 77.5 Å². The molecule has 0 bridgehead atoms. The van der Waals surface area contributed by atoms with Gasteiger partial charge in [0, 0.05) is 23.9 Å². The lowest BCUT2D eigenvalue weighted by atomic mass is 10.00. The van der Waals surface area contributed by atoms with Crippen LogP contribution in [0.2, 0.25) is 0 Å². The molecule has 3 rings (SSSR count). The number of benzene rings is 2. The minimum absolute atomic E-state index is 0.00564. The molecule has 190 valence electrons. The van der Waals surface area contributed by atoms with Crippen molar-refractivity contribution in [1.82, 2.24) is 4.57 Å². The number of nitrogens with zero attached hydrogens (tertiary/aromatic N) is 2.